The third-order valence-electron chi connectivity index (χ3n) is 3.66. The number of nitrogens with zero attached hydrogens (tertiary/aromatic N) is 5. The minimum atomic E-state index is -0.271. The van der Waals surface area contributed by atoms with Gasteiger partial charge in [-0.25, -0.2) is 9.97 Å². The molecule has 25 heavy (non-hydrogen) atoms. The third-order valence-corrected chi connectivity index (χ3v) is 3.66. The highest BCUT2D eigenvalue weighted by molar-refractivity contribution is 6.00. The summed E-state index contributed by atoms with van der Waals surface area (Å²) in [7, 11) is 0. The van der Waals surface area contributed by atoms with Crippen molar-refractivity contribution in [2.45, 2.75) is 0 Å². The molecular formula is C17H13N7O. The van der Waals surface area contributed by atoms with E-state index < -0.39 is 0 Å². The summed E-state index contributed by atoms with van der Waals surface area (Å²) in [5, 5.41) is 9.43. The molecular weight excluding hydrogens is 318 g/mol. The van der Waals surface area contributed by atoms with E-state index in [0.717, 1.165) is 16.6 Å². The Labute approximate surface area is 142 Å². The van der Waals surface area contributed by atoms with Crippen LogP contribution in [0.15, 0.2) is 62.0 Å². The molecule has 3 heterocycles. The van der Waals surface area contributed by atoms with Crippen LogP contribution in [-0.2, 0) is 4.79 Å². The normalized spacial score (nSPS) is 10.7. The van der Waals surface area contributed by atoms with E-state index in [0.29, 0.717) is 17.2 Å². The number of rotatable bonds is 4. The Kier molecular flexibility index (Phi) is 3.55. The van der Waals surface area contributed by atoms with Crippen LogP contribution in [-0.4, -0.2) is 35.6 Å². The molecule has 3 aromatic heterocycles. The molecule has 4 rings (SSSR count). The Hall–Kier alpha value is -3.81. The number of hydrogen-bond acceptors (Lipinski definition) is 5. The summed E-state index contributed by atoms with van der Waals surface area (Å²) in [4.78, 5) is 24.7. The second-order valence-electron chi connectivity index (χ2n) is 5.26. The standard InChI is InChI=1S/C17H13N7O/c1-2-17(25)22-12-3-4-13-15(5-12)24(10-19-13)16-9-18-8-14(23-16)11-6-20-21-7-11/h2-10H,1H2,(H,20,21)(H,22,25). The van der Waals surface area contributed by atoms with E-state index in [2.05, 4.69) is 37.0 Å². The Morgan fingerprint density at radius 2 is 2.20 bits per heavy atom. The number of H-pyrrole nitrogens is 1. The van der Waals surface area contributed by atoms with Gasteiger partial charge in [0.25, 0.3) is 0 Å². The smallest absolute Gasteiger partial charge is 0.247 e. The second kappa shape index (κ2) is 6.00. The highest BCUT2D eigenvalue weighted by Crippen LogP contribution is 2.22. The van der Waals surface area contributed by atoms with Gasteiger partial charge in [0.2, 0.25) is 5.91 Å². The van der Waals surface area contributed by atoms with Crippen molar-refractivity contribution in [1.29, 1.82) is 0 Å². The summed E-state index contributed by atoms with van der Waals surface area (Å²) in [6.07, 6.45) is 9.66. The van der Waals surface area contributed by atoms with E-state index in [-0.39, 0.29) is 5.91 Å². The number of amides is 1. The molecule has 0 atom stereocenters. The first kappa shape index (κ1) is 14.8. The van der Waals surface area contributed by atoms with Crippen molar-refractivity contribution in [2.75, 3.05) is 5.32 Å². The monoisotopic (exact) mass is 331 g/mol. The van der Waals surface area contributed by atoms with Crippen LogP contribution in [0.5, 0.6) is 0 Å². The van der Waals surface area contributed by atoms with Crippen LogP contribution >= 0.6 is 0 Å². The fourth-order valence-corrected chi connectivity index (χ4v) is 2.46. The Bertz CT molecular complexity index is 1070. The number of carbonyl (C=O) groups excluding carboxylic acids is 1. The molecule has 0 saturated heterocycles. The number of imidazole rings is 1. The van der Waals surface area contributed by atoms with Gasteiger partial charge in [-0.2, -0.15) is 5.10 Å². The van der Waals surface area contributed by atoms with Gasteiger partial charge in [0.15, 0.2) is 5.82 Å². The molecule has 0 spiro atoms. The third kappa shape index (κ3) is 2.76. The van der Waals surface area contributed by atoms with Crippen LogP contribution in [0.3, 0.4) is 0 Å². The van der Waals surface area contributed by atoms with Crippen molar-refractivity contribution in [3.8, 4) is 17.1 Å². The fourth-order valence-electron chi connectivity index (χ4n) is 2.46. The maximum Gasteiger partial charge on any atom is 0.247 e. The van der Waals surface area contributed by atoms with Gasteiger partial charge < -0.3 is 5.32 Å². The average Bonchev–Trinajstić information content (AvgIpc) is 3.31. The predicted molar refractivity (Wildman–Crippen MR) is 93.1 cm³/mol. The van der Waals surface area contributed by atoms with Crippen molar-refractivity contribution in [3.63, 3.8) is 0 Å². The molecule has 8 heteroatoms. The molecule has 2 N–H and O–H groups in total. The Balaban J connectivity index is 1.79. The number of carbonyl (C=O) groups is 1. The lowest BCUT2D eigenvalue weighted by atomic mass is 10.2. The molecule has 0 radical (unpaired) electrons. The van der Waals surface area contributed by atoms with E-state index in [1.165, 1.54) is 6.08 Å². The zero-order chi connectivity index (χ0) is 17.2. The molecule has 0 unspecified atom stereocenters. The minimum Gasteiger partial charge on any atom is -0.322 e. The van der Waals surface area contributed by atoms with E-state index in [1.807, 2.05) is 16.7 Å². The van der Waals surface area contributed by atoms with E-state index in [1.54, 1.807) is 37.2 Å². The first-order valence-electron chi connectivity index (χ1n) is 7.47. The van der Waals surface area contributed by atoms with Crippen LogP contribution in [0.1, 0.15) is 0 Å². The largest absolute Gasteiger partial charge is 0.322 e. The molecule has 4 aromatic rings. The molecule has 0 aliphatic rings. The molecule has 0 aliphatic heterocycles. The maximum atomic E-state index is 11.5. The topological polar surface area (TPSA) is 101 Å². The zero-order valence-electron chi connectivity index (χ0n) is 13.0. The van der Waals surface area contributed by atoms with Gasteiger partial charge in [0.1, 0.15) is 6.33 Å². The second-order valence-corrected chi connectivity index (χ2v) is 5.26. The van der Waals surface area contributed by atoms with Gasteiger partial charge in [0, 0.05) is 17.4 Å². The molecule has 1 amide bonds. The number of aromatic nitrogens is 6. The van der Waals surface area contributed by atoms with E-state index in [4.69, 9.17) is 0 Å². The van der Waals surface area contributed by atoms with Gasteiger partial charge >= 0.3 is 0 Å². The first-order valence-corrected chi connectivity index (χ1v) is 7.47. The number of nitrogens with one attached hydrogen (secondary N) is 2. The van der Waals surface area contributed by atoms with Crippen molar-refractivity contribution in [3.05, 3.63) is 62.0 Å². The van der Waals surface area contributed by atoms with Crippen LogP contribution in [0.25, 0.3) is 28.1 Å². The van der Waals surface area contributed by atoms with Crippen LogP contribution in [0.4, 0.5) is 5.69 Å². The SMILES string of the molecule is C=CC(=O)Nc1ccc2ncn(-c3cncc(-c4cn[nH]c4)n3)c2c1. The van der Waals surface area contributed by atoms with Gasteiger partial charge in [-0.1, -0.05) is 6.58 Å². The van der Waals surface area contributed by atoms with Crippen molar-refractivity contribution in [2.24, 2.45) is 0 Å². The summed E-state index contributed by atoms with van der Waals surface area (Å²) >= 11 is 0. The predicted octanol–water partition coefficient (Wildman–Crippen LogP) is 2.33. The lowest BCUT2D eigenvalue weighted by Crippen LogP contribution is -2.07. The average molecular weight is 331 g/mol. The summed E-state index contributed by atoms with van der Waals surface area (Å²) in [6.45, 7) is 3.45. The van der Waals surface area contributed by atoms with Gasteiger partial charge in [-0.05, 0) is 24.3 Å². The van der Waals surface area contributed by atoms with Crippen molar-refractivity contribution in [1.82, 2.24) is 29.7 Å². The molecule has 8 nitrogen and oxygen atoms in total. The minimum absolute atomic E-state index is 0.271. The zero-order valence-corrected chi connectivity index (χ0v) is 13.0. The van der Waals surface area contributed by atoms with Crippen LogP contribution in [0, 0.1) is 0 Å². The van der Waals surface area contributed by atoms with E-state index >= 15 is 0 Å². The Morgan fingerprint density at radius 1 is 1.28 bits per heavy atom. The quantitative estimate of drug-likeness (QED) is 0.559. The summed E-state index contributed by atoms with van der Waals surface area (Å²) in [5.74, 6) is 0.348. The number of benzene rings is 1. The number of aromatic amines is 1. The summed E-state index contributed by atoms with van der Waals surface area (Å²) < 4.78 is 1.81. The van der Waals surface area contributed by atoms with Gasteiger partial charge in [-0.15, -0.1) is 0 Å². The summed E-state index contributed by atoms with van der Waals surface area (Å²) in [5.41, 5.74) is 3.78. The lowest BCUT2D eigenvalue weighted by Gasteiger charge is -2.06. The van der Waals surface area contributed by atoms with Gasteiger partial charge in [0.05, 0.1) is 35.3 Å². The first-order chi connectivity index (χ1) is 12.2. The molecule has 0 bridgehead atoms. The van der Waals surface area contributed by atoms with Gasteiger partial charge in [-0.3, -0.25) is 19.4 Å². The Morgan fingerprint density at radius 3 is 3.00 bits per heavy atom. The maximum absolute atomic E-state index is 11.5. The van der Waals surface area contributed by atoms with Crippen LogP contribution < -0.4 is 5.32 Å². The molecule has 0 fully saturated rings. The number of hydrogen-bond donors (Lipinski definition) is 2. The fraction of sp³-hybridized carbons (Fsp3) is 0. The summed E-state index contributed by atoms with van der Waals surface area (Å²) in [6, 6.07) is 5.45. The van der Waals surface area contributed by atoms with Crippen molar-refractivity contribution >= 4 is 22.6 Å². The number of anilines is 1. The molecule has 1 aromatic carbocycles. The van der Waals surface area contributed by atoms with Crippen molar-refractivity contribution < 1.29 is 4.79 Å². The van der Waals surface area contributed by atoms with Crippen LogP contribution in [0.2, 0.25) is 0 Å². The number of fused-ring (bicyclic) bond motifs is 1. The lowest BCUT2D eigenvalue weighted by molar-refractivity contribution is -0.111. The highest BCUT2D eigenvalue weighted by atomic mass is 16.1. The highest BCUT2D eigenvalue weighted by Gasteiger charge is 2.10. The molecule has 0 aliphatic carbocycles. The molecule has 0 saturated carbocycles. The molecule has 122 valence electrons. The van der Waals surface area contributed by atoms with E-state index in [9.17, 15) is 4.79 Å².